The van der Waals surface area contributed by atoms with Crippen molar-refractivity contribution in [2.75, 3.05) is 5.32 Å². The third-order valence-electron chi connectivity index (χ3n) is 3.45. The van der Waals surface area contributed by atoms with Crippen molar-refractivity contribution < 1.29 is 9.21 Å². The van der Waals surface area contributed by atoms with Crippen LogP contribution in [0, 0.1) is 6.92 Å². The normalized spacial score (nSPS) is 10.8. The van der Waals surface area contributed by atoms with Gasteiger partial charge in [0, 0.05) is 17.7 Å². The van der Waals surface area contributed by atoms with Gasteiger partial charge in [-0.05, 0) is 43.7 Å². The number of hydrogen-bond donors (Lipinski definition) is 1. The summed E-state index contributed by atoms with van der Waals surface area (Å²) in [6, 6.07) is 13.5. The van der Waals surface area contributed by atoms with E-state index in [9.17, 15) is 4.79 Å². The molecule has 0 fully saturated rings. The largest absolute Gasteiger partial charge is 0.436 e. The van der Waals surface area contributed by atoms with Crippen molar-refractivity contribution in [3.05, 3.63) is 48.0 Å². The fourth-order valence-corrected chi connectivity index (χ4v) is 2.28. The molecule has 0 atom stereocenters. The molecule has 0 unspecified atom stereocenters. The second kappa shape index (κ2) is 6.02. The van der Waals surface area contributed by atoms with Crippen molar-refractivity contribution in [1.82, 2.24) is 4.98 Å². The highest BCUT2D eigenvalue weighted by Crippen LogP contribution is 2.26. The van der Waals surface area contributed by atoms with Crippen molar-refractivity contribution in [3.8, 4) is 11.5 Å². The zero-order chi connectivity index (χ0) is 15.5. The summed E-state index contributed by atoms with van der Waals surface area (Å²) in [5.41, 5.74) is 4.34. The van der Waals surface area contributed by atoms with Crippen LogP contribution in [0.15, 0.2) is 46.9 Å². The number of carbonyl (C=O) groups is 1. The number of aromatic nitrogens is 1. The van der Waals surface area contributed by atoms with E-state index in [1.165, 1.54) is 5.56 Å². The molecule has 22 heavy (non-hydrogen) atoms. The van der Waals surface area contributed by atoms with Crippen LogP contribution in [-0.4, -0.2) is 10.9 Å². The first-order chi connectivity index (χ1) is 10.7. The van der Waals surface area contributed by atoms with Gasteiger partial charge in [-0.25, -0.2) is 4.98 Å². The molecular weight excluding hydrogens is 276 g/mol. The number of benzene rings is 2. The Morgan fingerprint density at radius 3 is 2.68 bits per heavy atom. The molecule has 1 heterocycles. The van der Waals surface area contributed by atoms with Crippen molar-refractivity contribution in [2.24, 2.45) is 0 Å². The topological polar surface area (TPSA) is 55.1 Å². The summed E-state index contributed by atoms with van der Waals surface area (Å²) in [5, 5.41) is 2.87. The van der Waals surface area contributed by atoms with Crippen molar-refractivity contribution in [3.63, 3.8) is 0 Å². The van der Waals surface area contributed by atoms with Crippen LogP contribution in [0.4, 0.5) is 5.69 Å². The lowest BCUT2D eigenvalue weighted by atomic mass is 10.1. The van der Waals surface area contributed by atoms with Crippen LogP contribution in [0.2, 0.25) is 0 Å². The Hall–Kier alpha value is -2.62. The number of nitrogens with one attached hydrogen (secondary N) is 1. The predicted octanol–water partition coefficient (Wildman–Crippen LogP) is 4.54. The maximum Gasteiger partial charge on any atom is 0.227 e. The number of nitrogens with zero attached hydrogens (tertiary/aromatic N) is 1. The fourth-order valence-electron chi connectivity index (χ4n) is 2.28. The fraction of sp³-hybridized carbons (Fsp3) is 0.222. The van der Waals surface area contributed by atoms with E-state index >= 15 is 0 Å². The molecule has 0 saturated carbocycles. The standard InChI is InChI=1S/C18H18N2O2/c1-3-4-17(21)19-14-9-10-16-15(11-14)20-18(22-16)13-7-5-12(2)6-8-13/h5-11H,3-4H2,1-2H3,(H,19,21). The molecule has 1 aromatic heterocycles. The molecule has 0 saturated heterocycles. The minimum Gasteiger partial charge on any atom is -0.436 e. The second-order valence-electron chi connectivity index (χ2n) is 5.37. The molecule has 1 amide bonds. The van der Waals surface area contributed by atoms with Gasteiger partial charge in [-0.15, -0.1) is 0 Å². The number of amides is 1. The van der Waals surface area contributed by atoms with Gasteiger partial charge in [-0.3, -0.25) is 4.79 Å². The zero-order valence-electron chi connectivity index (χ0n) is 12.7. The number of oxazole rings is 1. The van der Waals surface area contributed by atoms with E-state index in [2.05, 4.69) is 10.3 Å². The van der Waals surface area contributed by atoms with Crippen LogP contribution in [-0.2, 0) is 4.79 Å². The SMILES string of the molecule is CCCC(=O)Nc1ccc2oc(-c3ccc(C)cc3)nc2c1. The van der Waals surface area contributed by atoms with E-state index in [1.54, 1.807) is 0 Å². The average molecular weight is 294 g/mol. The van der Waals surface area contributed by atoms with Gasteiger partial charge in [0.2, 0.25) is 11.8 Å². The van der Waals surface area contributed by atoms with E-state index in [-0.39, 0.29) is 5.91 Å². The van der Waals surface area contributed by atoms with Crippen LogP contribution in [0.5, 0.6) is 0 Å². The number of aryl methyl sites for hydroxylation is 1. The quantitative estimate of drug-likeness (QED) is 0.768. The monoisotopic (exact) mass is 294 g/mol. The summed E-state index contributed by atoms with van der Waals surface area (Å²) in [4.78, 5) is 16.2. The second-order valence-corrected chi connectivity index (χ2v) is 5.37. The van der Waals surface area contributed by atoms with E-state index in [0.717, 1.165) is 23.2 Å². The van der Waals surface area contributed by atoms with Gasteiger partial charge in [0.05, 0.1) is 0 Å². The van der Waals surface area contributed by atoms with Gasteiger partial charge in [-0.1, -0.05) is 24.6 Å². The maximum absolute atomic E-state index is 11.7. The van der Waals surface area contributed by atoms with Gasteiger partial charge in [0.25, 0.3) is 0 Å². The molecule has 2 aromatic carbocycles. The van der Waals surface area contributed by atoms with E-state index in [0.29, 0.717) is 17.9 Å². The molecule has 0 bridgehead atoms. The first kappa shape index (κ1) is 14.3. The molecule has 0 aliphatic heterocycles. The summed E-state index contributed by atoms with van der Waals surface area (Å²) in [5.74, 6) is 0.608. The molecule has 0 radical (unpaired) electrons. The third kappa shape index (κ3) is 3.01. The lowest BCUT2D eigenvalue weighted by molar-refractivity contribution is -0.116. The Morgan fingerprint density at radius 2 is 1.95 bits per heavy atom. The molecule has 3 rings (SSSR count). The van der Waals surface area contributed by atoms with Crippen LogP contribution in [0.3, 0.4) is 0 Å². The van der Waals surface area contributed by atoms with Gasteiger partial charge < -0.3 is 9.73 Å². The lowest BCUT2D eigenvalue weighted by Crippen LogP contribution is -2.10. The van der Waals surface area contributed by atoms with Crippen molar-refractivity contribution in [1.29, 1.82) is 0 Å². The molecule has 3 aromatic rings. The highest BCUT2D eigenvalue weighted by molar-refractivity contribution is 5.93. The minimum atomic E-state index is 0.0177. The van der Waals surface area contributed by atoms with Crippen molar-refractivity contribution >= 4 is 22.7 Å². The Labute approximate surface area is 129 Å². The minimum absolute atomic E-state index is 0.0177. The highest BCUT2D eigenvalue weighted by Gasteiger charge is 2.09. The number of hydrogen-bond acceptors (Lipinski definition) is 3. The molecule has 4 nitrogen and oxygen atoms in total. The van der Waals surface area contributed by atoms with Crippen LogP contribution in [0.1, 0.15) is 25.3 Å². The third-order valence-corrected chi connectivity index (χ3v) is 3.45. The first-order valence-electron chi connectivity index (χ1n) is 7.43. The summed E-state index contributed by atoms with van der Waals surface area (Å²) in [6.45, 7) is 4.02. The zero-order valence-corrected chi connectivity index (χ0v) is 12.7. The molecule has 112 valence electrons. The Kier molecular flexibility index (Phi) is 3.92. The molecule has 0 spiro atoms. The molecule has 4 heteroatoms. The van der Waals surface area contributed by atoms with Gasteiger partial charge >= 0.3 is 0 Å². The Morgan fingerprint density at radius 1 is 1.18 bits per heavy atom. The van der Waals surface area contributed by atoms with E-state index in [1.807, 2.05) is 56.3 Å². The van der Waals surface area contributed by atoms with Crippen LogP contribution >= 0.6 is 0 Å². The number of carbonyl (C=O) groups excluding carboxylic acids is 1. The number of rotatable bonds is 4. The van der Waals surface area contributed by atoms with Crippen LogP contribution in [0.25, 0.3) is 22.6 Å². The first-order valence-corrected chi connectivity index (χ1v) is 7.43. The Bertz CT molecular complexity index is 804. The van der Waals surface area contributed by atoms with E-state index in [4.69, 9.17) is 4.42 Å². The lowest BCUT2D eigenvalue weighted by Gasteiger charge is -2.02. The van der Waals surface area contributed by atoms with Gasteiger partial charge in [0.1, 0.15) is 5.52 Å². The summed E-state index contributed by atoms with van der Waals surface area (Å²) >= 11 is 0. The average Bonchev–Trinajstić information content (AvgIpc) is 2.91. The number of anilines is 1. The predicted molar refractivity (Wildman–Crippen MR) is 87.7 cm³/mol. The maximum atomic E-state index is 11.7. The smallest absolute Gasteiger partial charge is 0.227 e. The molecule has 0 aliphatic carbocycles. The number of fused-ring (bicyclic) bond motifs is 1. The van der Waals surface area contributed by atoms with E-state index < -0.39 is 0 Å². The molecule has 1 N–H and O–H groups in total. The van der Waals surface area contributed by atoms with Gasteiger partial charge in [-0.2, -0.15) is 0 Å². The van der Waals surface area contributed by atoms with Crippen LogP contribution < -0.4 is 5.32 Å². The van der Waals surface area contributed by atoms with Gasteiger partial charge in [0.15, 0.2) is 5.58 Å². The summed E-state index contributed by atoms with van der Waals surface area (Å²) < 4.78 is 5.78. The molecular formula is C18H18N2O2. The highest BCUT2D eigenvalue weighted by atomic mass is 16.3. The van der Waals surface area contributed by atoms with Crippen molar-refractivity contribution in [2.45, 2.75) is 26.7 Å². The summed E-state index contributed by atoms with van der Waals surface area (Å²) in [7, 11) is 0. The molecule has 0 aliphatic rings. The summed E-state index contributed by atoms with van der Waals surface area (Å²) in [6.07, 6.45) is 1.35. The Balaban J connectivity index is 1.90.